The molecule has 1 aromatic heterocycles. The number of ether oxygens (including phenoxy) is 1. The third-order valence-corrected chi connectivity index (χ3v) is 3.01. The number of rotatable bonds is 5. The van der Waals surface area contributed by atoms with Crippen molar-refractivity contribution >= 4 is 17.6 Å². The Morgan fingerprint density at radius 2 is 2.15 bits per heavy atom. The summed E-state index contributed by atoms with van der Waals surface area (Å²) in [6.07, 6.45) is 4.51. The fourth-order valence-electron chi connectivity index (χ4n) is 1.98. The quantitative estimate of drug-likeness (QED) is 0.725. The van der Waals surface area contributed by atoms with Crippen LogP contribution in [0.2, 0.25) is 0 Å². The second kappa shape index (κ2) is 6.97. The number of carboxylic acids is 1. The van der Waals surface area contributed by atoms with Gasteiger partial charge in [-0.2, -0.15) is 0 Å². The molecule has 2 heterocycles. The predicted molar refractivity (Wildman–Crippen MR) is 71.7 cm³/mol. The molecule has 7 nitrogen and oxygen atoms in total. The van der Waals surface area contributed by atoms with E-state index in [9.17, 15) is 9.59 Å². The van der Waals surface area contributed by atoms with Gasteiger partial charge in [-0.1, -0.05) is 0 Å². The van der Waals surface area contributed by atoms with Gasteiger partial charge in [-0.3, -0.25) is 9.78 Å². The monoisotopic (exact) mass is 279 g/mol. The lowest BCUT2D eigenvalue weighted by Gasteiger charge is -2.22. The third kappa shape index (κ3) is 4.29. The number of carbonyl (C=O) groups excluding carboxylic acids is 1. The highest BCUT2D eigenvalue weighted by Crippen LogP contribution is 2.10. The van der Waals surface area contributed by atoms with Crippen molar-refractivity contribution in [1.29, 1.82) is 0 Å². The topological polar surface area (TPSA) is 101 Å². The summed E-state index contributed by atoms with van der Waals surface area (Å²) in [6.45, 7) is 1.76. The fourth-order valence-corrected chi connectivity index (χ4v) is 1.98. The van der Waals surface area contributed by atoms with Crippen molar-refractivity contribution < 1.29 is 19.4 Å². The molecule has 1 aromatic rings. The Bertz CT molecular complexity index is 486. The largest absolute Gasteiger partial charge is 0.478 e. The minimum atomic E-state index is -1.08. The Morgan fingerprint density at radius 3 is 2.85 bits per heavy atom. The standard InChI is InChI=1S/C13H17N3O4/c17-12(8-20-11-1-3-14-4-2-11)16-10-5-9(13(18)19)6-15-7-10/h5-7,11,14H,1-4,8H2,(H,16,17)(H,18,19). The summed E-state index contributed by atoms with van der Waals surface area (Å²) in [5.41, 5.74) is 0.380. The van der Waals surface area contributed by atoms with Crippen molar-refractivity contribution in [3.63, 3.8) is 0 Å². The predicted octanol–water partition coefficient (Wildman–Crippen LogP) is 0.487. The van der Waals surface area contributed by atoms with E-state index < -0.39 is 5.97 Å². The van der Waals surface area contributed by atoms with Crippen LogP contribution in [0.15, 0.2) is 18.5 Å². The molecule has 1 amide bonds. The van der Waals surface area contributed by atoms with Crippen molar-refractivity contribution in [2.45, 2.75) is 18.9 Å². The lowest BCUT2D eigenvalue weighted by molar-refractivity contribution is -0.123. The molecule has 0 atom stereocenters. The van der Waals surface area contributed by atoms with Gasteiger partial charge >= 0.3 is 5.97 Å². The lowest BCUT2D eigenvalue weighted by atomic mass is 10.1. The second-order valence-electron chi connectivity index (χ2n) is 4.58. The smallest absolute Gasteiger partial charge is 0.337 e. The first-order chi connectivity index (χ1) is 9.65. The Balaban J connectivity index is 1.81. The van der Waals surface area contributed by atoms with E-state index in [1.54, 1.807) is 0 Å². The first-order valence-electron chi connectivity index (χ1n) is 6.45. The van der Waals surface area contributed by atoms with Crippen LogP contribution in [-0.4, -0.2) is 47.8 Å². The van der Waals surface area contributed by atoms with Crippen LogP contribution < -0.4 is 10.6 Å². The highest BCUT2D eigenvalue weighted by Gasteiger charge is 2.15. The number of aromatic nitrogens is 1. The zero-order chi connectivity index (χ0) is 14.4. The summed E-state index contributed by atoms with van der Waals surface area (Å²) in [4.78, 5) is 26.3. The Labute approximate surface area is 116 Å². The normalized spacial score (nSPS) is 15.8. The first kappa shape index (κ1) is 14.4. The minimum absolute atomic E-state index is 0.0297. The van der Waals surface area contributed by atoms with Crippen LogP contribution in [-0.2, 0) is 9.53 Å². The lowest BCUT2D eigenvalue weighted by Crippen LogP contribution is -2.34. The average molecular weight is 279 g/mol. The molecule has 0 saturated carbocycles. The summed E-state index contributed by atoms with van der Waals surface area (Å²) in [5, 5.41) is 14.6. The van der Waals surface area contributed by atoms with Gasteiger partial charge in [-0.15, -0.1) is 0 Å². The summed E-state index contributed by atoms with van der Waals surface area (Å²) in [7, 11) is 0. The number of hydrogen-bond acceptors (Lipinski definition) is 5. The van der Waals surface area contributed by atoms with Crippen molar-refractivity contribution in [3.05, 3.63) is 24.0 Å². The van der Waals surface area contributed by atoms with Crippen LogP contribution >= 0.6 is 0 Å². The number of piperidine rings is 1. The van der Waals surface area contributed by atoms with Crippen molar-refractivity contribution in [1.82, 2.24) is 10.3 Å². The molecule has 0 unspecified atom stereocenters. The van der Waals surface area contributed by atoms with Gasteiger partial charge in [0.05, 0.1) is 23.6 Å². The zero-order valence-corrected chi connectivity index (χ0v) is 11.0. The van der Waals surface area contributed by atoms with Crippen molar-refractivity contribution in [2.24, 2.45) is 0 Å². The van der Waals surface area contributed by atoms with E-state index in [4.69, 9.17) is 9.84 Å². The van der Waals surface area contributed by atoms with Gasteiger partial charge in [0.15, 0.2) is 0 Å². The second-order valence-corrected chi connectivity index (χ2v) is 4.58. The van der Waals surface area contributed by atoms with Crippen molar-refractivity contribution in [2.75, 3.05) is 25.0 Å². The molecule has 1 saturated heterocycles. The number of carbonyl (C=O) groups is 2. The molecule has 2 rings (SSSR count). The number of aromatic carboxylic acids is 1. The highest BCUT2D eigenvalue weighted by molar-refractivity contribution is 5.94. The molecule has 0 bridgehead atoms. The van der Waals surface area contributed by atoms with Gasteiger partial charge in [0.2, 0.25) is 5.91 Å². The molecule has 0 radical (unpaired) electrons. The van der Waals surface area contributed by atoms with Gasteiger partial charge in [0, 0.05) is 6.20 Å². The number of nitrogens with zero attached hydrogens (tertiary/aromatic N) is 1. The Hall–Kier alpha value is -1.99. The molecule has 0 spiro atoms. The van der Waals surface area contributed by atoms with Crippen LogP contribution in [0.4, 0.5) is 5.69 Å². The summed E-state index contributed by atoms with van der Waals surface area (Å²) >= 11 is 0. The van der Waals surface area contributed by atoms with E-state index >= 15 is 0 Å². The maximum absolute atomic E-state index is 11.7. The van der Waals surface area contributed by atoms with E-state index in [0.29, 0.717) is 5.69 Å². The molecular weight excluding hydrogens is 262 g/mol. The summed E-state index contributed by atoms with van der Waals surface area (Å²) in [6, 6.07) is 1.36. The molecule has 3 N–H and O–H groups in total. The summed E-state index contributed by atoms with van der Waals surface area (Å²) < 4.78 is 5.51. The van der Waals surface area contributed by atoms with Gasteiger partial charge in [-0.05, 0) is 32.0 Å². The zero-order valence-electron chi connectivity index (χ0n) is 11.0. The first-order valence-corrected chi connectivity index (χ1v) is 6.45. The van der Waals surface area contributed by atoms with E-state index in [2.05, 4.69) is 15.6 Å². The molecular formula is C13H17N3O4. The highest BCUT2D eigenvalue weighted by atomic mass is 16.5. The number of carboxylic acid groups (broad SMARTS) is 1. The van der Waals surface area contributed by atoms with E-state index in [-0.39, 0.29) is 24.2 Å². The Morgan fingerprint density at radius 1 is 1.40 bits per heavy atom. The maximum atomic E-state index is 11.7. The van der Waals surface area contributed by atoms with Crippen LogP contribution in [0.1, 0.15) is 23.2 Å². The van der Waals surface area contributed by atoms with Crippen LogP contribution in [0.5, 0.6) is 0 Å². The molecule has 1 aliphatic heterocycles. The number of amides is 1. The number of pyridine rings is 1. The third-order valence-electron chi connectivity index (χ3n) is 3.01. The number of anilines is 1. The van der Waals surface area contributed by atoms with Crippen LogP contribution in [0.25, 0.3) is 0 Å². The van der Waals surface area contributed by atoms with Gasteiger partial charge in [0.1, 0.15) is 6.61 Å². The van der Waals surface area contributed by atoms with Gasteiger partial charge in [0.25, 0.3) is 0 Å². The van der Waals surface area contributed by atoms with Gasteiger partial charge in [-0.25, -0.2) is 4.79 Å². The van der Waals surface area contributed by atoms with Crippen LogP contribution in [0, 0.1) is 0 Å². The molecule has 0 aromatic carbocycles. The van der Waals surface area contributed by atoms with Crippen LogP contribution in [0.3, 0.4) is 0 Å². The van der Waals surface area contributed by atoms with E-state index in [1.807, 2.05) is 0 Å². The molecule has 108 valence electrons. The number of nitrogens with one attached hydrogen (secondary N) is 2. The molecule has 0 aliphatic carbocycles. The SMILES string of the molecule is O=C(COC1CCNCC1)Nc1cncc(C(=O)O)c1. The maximum Gasteiger partial charge on any atom is 0.337 e. The molecule has 1 aliphatic rings. The fraction of sp³-hybridized carbons (Fsp3) is 0.462. The molecule has 7 heteroatoms. The number of hydrogen-bond donors (Lipinski definition) is 3. The Kier molecular flexibility index (Phi) is 5.03. The van der Waals surface area contributed by atoms with E-state index in [1.165, 1.54) is 18.5 Å². The van der Waals surface area contributed by atoms with Gasteiger partial charge < -0.3 is 20.5 Å². The van der Waals surface area contributed by atoms with Crippen molar-refractivity contribution in [3.8, 4) is 0 Å². The average Bonchev–Trinajstić information content (AvgIpc) is 2.46. The van der Waals surface area contributed by atoms with E-state index in [0.717, 1.165) is 25.9 Å². The molecule has 1 fully saturated rings. The minimum Gasteiger partial charge on any atom is -0.478 e. The molecule has 20 heavy (non-hydrogen) atoms. The summed E-state index contributed by atoms with van der Waals surface area (Å²) in [5.74, 6) is -1.40.